The van der Waals surface area contributed by atoms with Crippen molar-refractivity contribution in [2.45, 2.75) is 58.0 Å². The minimum atomic E-state index is 0.111. The molecule has 1 aromatic carbocycles. The Bertz CT molecular complexity index is 1550. The Morgan fingerprint density at radius 3 is 2.68 bits per heavy atom. The van der Waals surface area contributed by atoms with E-state index in [9.17, 15) is 4.79 Å². The zero-order valence-electron chi connectivity index (χ0n) is 23.8. The molecule has 3 aliphatic rings. The maximum Gasteiger partial charge on any atom is 0.219 e. The molecule has 1 amide bonds. The van der Waals surface area contributed by atoms with Crippen LogP contribution in [0.3, 0.4) is 0 Å². The number of carbonyl (C=O) groups is 1. The van der Waals surface area contributed by atoms with Gasteiger partial charge in [0.25, 0.3) is 0 Å². The molecule has 4 aromatic rings. The molecule has 0 spiro atoms. The number of nitrogens with one attached hydrogen (secondary N) is 1. The molecule has 7 rings (SSSR count). The molecule has 6 heterocycles. The second-order valence-corrected chi connectivity index (χ2v) is 11.8. The molecule has 3 aromatic heterocycles. The maximum atomic E-state index is 12.3. The number of nitrogens with zero attached hydrogens (tertiary/aromatic N) is 5. The van der Waals surface area contributed by atoms with Crippen molar-refractivity contribution in [3.63, 3.8) is 0 Å². The summed E-state index contributed by atoms with van der Waals surface area (Å²) in [7, 11) is 0. The Morgan fingerprint density at radius 2 is 1.90 bits per heavy atom. The molecule has 3 aliphatic heterocycles. The van der Waals surface area contributed by atoms with Crippen LogP contribution in [0.2, 0.25) is 0 Å². The number of piperidine rings is 1. The lowest BCUT2D eigenvalue weighted by Gasteiger charge is -2.29. The second kappa shape index (κ2) is 11.3. The lowest BCUT2D eigenvalue weighted by Crippen LogP contribution is -2.35. The highest BCUT2D eigenvalue weighted by Gasteiger charge is 2.30. The highest BCUT2D eigenvalue weighted by Crippen LogP contribution is 2.37. The smallest absolute Gasteiger partial charge is 0.219 e. The van der Waals surface area contributed by atoms with Gasteiger partial charge in [0.05, 0.1) is 17.4 Å². The summed E-state index contributed by atoms with van der Waals surface area (Å²) in [4.78, 5) is 24.0. The number of ether oxygens (including phenoxy) is 1. The van der Waals surface area contributed by atoms with E-state index in [4.69, 9.17) is 19.8 Å². The topological polar surface area (TPSA) is 85.2 Å². The molecule has 0 unspecified atom stereocenters. The molecule has 0 bridgehead atoms. The van der Waals surface area contributed by atoms with E-state index in [0.29, 0.717) is 12.6 Å². The molecule has 8 nitrogen and oxygen atoms in total. The average Bonchev–Trinajstić information content (AvgIpc) is 3.40. The lowest BCUT2D eigenvalue weighted by atomic mass is 9.93. The Hall–Kier alpha value is -3.62. The zero-order chi connectivity index (χ0) is 27.8. The second-order valence-electron chi connectivity index (χ2n) is 11.8. The Balaban J connectivity index is 1.22. The first-order valence-corrected chi connectivity index (χ1v) is 15.1. The lowest BCUT2D eigenvalue weighted by molar-refractivity contribution is -0.129. The molecule has 1 N–H and O–H groups in total. The molecular formula is C33H38N6O2. The first-order chi connectivity index (χ1) is 20.1. The Kier molecular flexibility index (Phi) is 7.27. The van der Waals surface area contributed by atoms with Crippen molar-refractivity contribution >= 4 is 16.7 Å². The zero-order valence-corrected chi connectivity index (χ0v) is 23.8. The third-order valence-electron chi connectivity index (χ3n) is 9.16. The summed E-state index contributed by atoms with van der Waals surface area (Å²) in [6.07, 6.45) is 10.2. The highest BCUT2D eigenvalue weighted by molar-refractivity contribution is 5.97. The number of hydrogen-bond donors (Lipinski definition) is 1. The van der Waals surface area contributed by atoms with Crippen molar-refractivity contribution in [1.82, 2.24) is 30.0 Å². The van der Waals surface area contributed by atoms with Gasteiger partial charge < -0.3 is 15.0 Å². The molecule has 212 valence electrons. The molecule has 2 fully saturated rings. The minimum absolute atomic E-state index is 0.111. The Morgan fingerprint density at radius 1 is 1.05 bits per heavy atom. The fourth-order valence-corrected chi connectivity index (χ4v) is 6.78. The van der Waals surface area contributed by atoms with Crippen LogP contribution in [0.1, 0.15) is 55.6 Å². The summed E-state index contributed by atoms with van der Waals surface area (Å²) in [5.41, 5.74) is 7.60. The standard InChI is InChI=1S/C33H38N6O2/c1-22(40)38-14-9-32-30(21-38)33(37-39(32)27-10-15-41-16-11-27)28-4-2-3-24-18-31(36-20-29(24)28)25-5-6-26(35-19-25)17-23-7-12-34-13-8-23/h2-6,18-20,23,27,34H,7-17,21H2,1H3. The van der Waals surface area contributed by atoms with Crippen molar-refractivity contribution in [3.05, 3.63) is 65.7 Å². The van der Waals surface area contributed by atoms with Gasteiger partial charge in [-0.25, -0.2) is 0 Å². The van der Waals surface area contributed by atoms with Gasteiger partial charge in [-0.1, -0.05) is 18.2 Å². The van der Waals surface area contributed by atoms with Crippen LogP contribution in [-0.2, 0) is 28.9 Å². The number of fused-ring (bicyclic) bond motifs is 2. The van der Waals surface area contributed by atoms with Gasteiger partial charge in [-0.3, -0.25) is 19.4 Å². The van der Waals surface area contributed by atoms with Crippen molar-refractivity contribution in [3.8, 4) is 22.5 Å². The van der Waals surface area contributed by atoms with Gasteiger partial charge in [-0.2, -0.15) is 5.10 Å². The predicted molar refractivity (Wildman–Crippen MR) is 159 cm³/mol. The van der Waals surface area contributed by atoms with E-state index in [-0.39, 0.29) is 5.91 Å². The molecule has 8 heteroatoms. The third kappa shape index (κ3) is 5.26. The van der Waals surface area contributed by atoms with E-state index in [1.807, 2.05) is 17.3 Å². The highest BCUT2D eigenvalue weighted by atomic mass is 16.5. The van der Waals surface area contributed by atoms with Crippen LogP contribution in [0.4, 0.5) is 0 Å². The van der Waals surface area contributed by atoms with E-state index >= 15 is 0 Å². The van der Waals surface area contributed by atoms with Gasteiger partial charge in [0.1, 0.15) is 0 Å². The quantitative estimate of drug-likeness (QED) is 0.378. The van der Waals surface area contributed by atoms with Crippen molar-refractivity contribution in [2.24, 2.45) is 5.92 Å². The molecule has 41 heavy (non-hydrogen) atoms. The third-order valence-corrected chi connectivity index (χ3v) is 9.16. The summed E-state index contributed by atoms with van der Waals surface area (Å²) < 4.78 is 7.89. The number of hydrogen-bond acceptors (Lipinski definition) is 6. The largest absolute Gasteiger partial charge is 0.381 e. The van der Waals surface area contributed by atoms with Crippen LogP contribution in [0, 0.1) is 5.92 Å². The maximum absolute atomic E-state index is 12.3. The normalized spacial score (nSPS) is 18.5. The molecule has 0 atom stereocenters. The number of benzene rings is 1. The van der Waals surface area contributed by atoms with Gasteiger partial charge in [0.2, 0.25) is 5.91 Å². The van der Waals surface area contributed by atoms with Crippen molar-refractivity contribution in [1.29, 1.82) is 0 Å². The van der Waals surface area contributed by atoms with Crippen LogP contribution in [0.5, 0.6) is 0 Å². The first kappa shape index (κ1) is 26.3. The molecule has 0 saturated carbocycles. The van der Waals surface area contributed by atoms with E-state index in [1.165, 1.54) is 24.1 Å². The van der Waals surface area contributed by atoms with Gasteiger partial charge in [0, 0.05) is 85.5 Å². The molecular weight excluding hydrogens is 512 g/mol. The van der Waals surface area contributed by atoms with Crippen molar-refractivity contribution < 1.29 is 9.53 Å². The molecule has 0 aliphatic carbocycles. The van der Waals surface area contributed by atoms with E-state index in [2.05, 4.69) is 46.4 Å². The number of aromatic nitrogens is 4. The molecule has 2 saturated heterocycles. The summed E-state index contributed by atoms with van der Waals surface area (Å²) in [6.45, 7) is 6.75. The first-order valence-electron chi connectivity index (χ1n) is 15.1. The molecule has 0 radical (unpaired) electrons. The van der Waals surface area contributed by atoms with Gasteiger partial charge in [-0.05, 0) is 74.7 Å². The van der Waals surface area contributed by atoms with Gasteiger partial charge >= 0.3 is 0 Å². The monoisotopic (exact) mass is 550 g/mol. The van der Waals surface area contributed by atoms with E-state index in [1.54, 1.807) is 6.92 Å². The number of rotatable bonds is 5. The number of carbonyl (C=O) groups excluding carboxylic acids is 1. The van der Waals surface area contributed by atoms with E-state index in [0.717, 1.165) is 103 Å². The summed E-state index contributed by atoms with van der Waals surface area (Å²) in [6, 6.07) is 13.2. The summed E-state index contributed by atoms with van der Waals surface area (Å²) >= 11 is 0. The summed E-state index contributed by atoms with van der Waals surface area (Å²) in [5, 5.41) is 10.9. The van der Waals surface area contributed by atoms with E-state index < -0.39 is 0 Å². The van der Waals surface area contributed by atoms with Crippen LogP contribution in [0.25, 0.3) is 33.3 Å². The van der Waals surface area contributed by atoms with Crippen LogP contribution < -0.4 is 5.32 Å². The Labute approximate surface area is 241 Å². The fraction of sp³-hybridized carbons (Fsp3) is 0.455. The van der Waals surface area contributed by atoms with Crippen LogP contribution >= 0.6 is 0 Å². The average molecular weight is 551 g/mol. The fourth-order valence-electron chi connectivity index (χ4n) is 6.78. The van der Waals surface area contributed by atoms with Crippen LogP contribution in [0.15, 0.2) is 48.8 Å². The summed E-state index contributed by atoms with van der Waals surface area (Å²) in [5.74, 6) is 0.829. The van der Waals surface area contributed by atoms with Gasteiger partial charge in [0.15, 0.2) is 0 Å². The number of pyridine rings is 2. The van der Waals surface area contributed by atoms with Crippen LogP contribution in [-0.4, -0.2) is 63.4 Å². The van der Waals surface area contributed by atoms with Gasteiger partial charge in [-0.15, -0.1) is 0 Å². The SMILES string of the molecule is CC(=O)N1CCc2c(c(-c3cccc4cc(-c5ccc(CC6CCNCC6)nc5)ncc34)nn2C2CCOCC2)C1. The predicted octanol–water partition coefficient (Wildman–Crippen LogP) is 4.96. The van der Waals surface area contributed by atoms with Crippen molar-refractivity contribution in [2.75, 3.05) is 32.8 Å². The number of amides is 1. The minimum Gasteiger partial charge on any atom is -0.381 e.